The van der Waals surface area contributed by atoms with Gasteiger partial charge in [0.1, 0.15) is 11.5 Å². The molecular weight excluding hydrogens is 476 g/mol. The molecule has 0 saturated heterocycles. The fourth-order valence-electron chi connectivity index (χ4n) is 3.51. The molecule has 1 aromatic heterocycles. The number of aromatic nitrogens is 2. The fraction of sp³-hybridized carbons (Fsp3) is 0.148. The molecular formula is C27H26N4O4S. The Labute approximate surface area is 213 Å². The second kappa shape index (κ2) is 11.0. The number of hydrogen-bond donors (Lipinski definition) is 3. The van der Waals surface area contributed by atoms with E-state index in [-0.39, 0.29) is 5.91 Å². The van der Waals surface area contributed by atoms with Crippen LogP contribution >= 0.6 is 11.8 Å². The fourth-order valence-corrected chi connectivity index (χ4v) is 4.32. The van der Waals surface area contributed by atoms with E-state index >= 15 is 0 Å². The van der Waals surface area contributed by atoms with Crippen molar-refractivity contribution < 1.29 is 19.1 Å². The molecule has 36 heavy (non-hydrogen) atoms. The summed E-state index contributed by atoms with van der Waals surface area (Å²) in [5.74, 6) is 0.798. The van der Waals surface area contributed by atoms with Gasteiger partial charge in [-0.1, -0.05) is 11.8 Å². The number of rotatable bonds is 9. The van der Waals surface area contributed by atoms with E-state index in [1.54, 1.807) is 45.4 Å². The van der Waals surface area contributed by atoms with E-state index in [0.29, 0.717) is 16.4 Å². The van der Waals surface area contributed by atoms with E-state index in [4.69, 9.17) is 20.2 Å². The van der Waals surface area contributed by atoms with Gasteiger partial charge in [-0.15, -0.1) is 0 Å². The van der Waals surface area contributed by atoms with Crippen molar-refractivity contribution >= 4 is 29.3 Å². The lowest BCUT2D eigenvalue weighted by molar-refractivity contribution is -0.115. The third-order valence-electron chi connectivity index (χ3n) is 5.52. The second-order valence-corrected chi connectivity index (χ2v) is 9.24. The lowest BCUT2D eigenvalue weighted by Gasteiger charge is -2.11. The van der Waals surface area contributed by atoms with Crippen LogP contribution in [-0.2, 0) is 4.79 Å². The SMILES string of the molecule is COc1ccc(-c2nc(SC(C)C(=O)Nc3ccc(C(N)=O)cc3)[nH]c2-c2ccc(OC)cc2)cc1. The lowest BCUT2D eigenvalue weighted by Crippen LogP contribution is -2.22. The highest BCUT2D eigenvalue weighted by Gasteiger charge is 2.20. The van der Waals surface area contributed by atoms with Crippen molar-refractivity contribution in [2.45, 2.75) is 17.3 Å². The molecule has 0 radical (unpaired) electrons. The lowest BCUT2D eigenvalue weighted by atomic mass is 10.0. The first kappa shape index (κ1) is 24.9. The molecule has 2 amide bonds. The van der Waals surface area contributed by atoms with Crippen molar-refractivity contribution in [2.24, 2.45) is 5.73 Å². The third-order valence-corrected chi connectivity index (χ3v) is 6.50. The number of nitrogens with one attached hydrogen (secondary N) is 2. The van der Waals surface area contributed by atoms with Crippen molar-refractivity contribution in [3.05, 3.63) is 78.4 Å². The van der Waals surface area contributed by atoms with E-state index in [2.05, 4.69) is 10.3 Å². The summed E-state index contributed by atoms with van der Waals surface area (Å²) in [5, 5.41) is 3.02. The number of carbonyl (C=O) groups excluding carboxylic acids is 2. The number of nitrogens with zero attached hydrogens (tertiary/aromatic N) is 1. The van der Waals surface area contributed by atoms with Crippen LogP contribution in [0.15, 0.2) is 78.0 Å². The van der Waals surface area contributed by atoms with Crippen LogP contribution in [-0.4, -0.2) is 41.3 Å². The summed E-state index contributed by atoms with van der Waals surface area (Å²) in [6.45, 7) is 1.81. The maximum Gasteiger partial charge on any atom is 0.248 e. The van der Waals surface area contributed by atoms with Crippen molar-refractivity contribution in [2.75, 3.05) is 19.5 Å². The monoisotopic (exact) mass is 502 g/mol. The van der Waals surface area contributed by atoms with Gasteiger partial charge >= 0.3 is 0 Å². The maximum absolute atomic E-state index is 12.8. The highest BCUT2D eigenvalue weighted by molar-refractivity contribution is 8.00. The zero-order valence-corrected chi connectivity index (χ0v) is 20.9. The molecule has 0 aliphatic rings. The van der Waals surface area contributed by atoms with Crippen LogP contribution in [0.1, 0.15) is 17.3 Å². The van der Waals surface area contributed by atoms with Gasteiger partial charge in [-0.3, -0.25) is 9.59 Å². The molecule has 0 spiro atoms. The number of primary amides is 1. The van der Waals surface area contributed by atoms with Gasteiger partial charge in [-0.05, 0) is 79.7 Å². The molecule has 1 heterocycles. The molecule has 0 saturated carbocycles. The predicted octanol–water partition coefficient (Wildman–Crippen LogP) is 4.98. The molecule has 1 unspecified atom stereocenters. The van der Waals surface area contributed by atoms with Gasteiger partial charge in [0.05, 0.1) is 30.9 Å². The normalized spacial score (nSPS) is 11.5. The smallest absolute Gasteiger partial charge is 0.248 e. The number of nitrogens with two attached hydrogens (primary N) is 1. The number of imidazole rings is 1. The first-order valence-electron chi connectivity index (χ1n) is 11.1. The Morgan fingerprint density at radius 1 is 0.889 bits per heavy atom. The van der Waals surface area contributed by atoms with Crippen LogP contribution < -0.4 is 20.5 Å². The Bertz CT molecular complexity index is 1290. The molecule has 4 N–H and O–H groups in total. The summed E-state index contributed by atoms with van der Waals surface area (Å²) in [5.41, 5.74) is 9.68. The minimum Gasteiger partial charge on any atom is -0.497 e. The zero-order chi connectivity index (χ0) is 25.7. The van der Waals surface area contributed by atoms with Gasteiger partial charge in [0.25, 0.3) is 0 Å². The summed E-state index contributed by atoms with van der Waals surface area (Å²) >= 11 is 1.32. The number of H-pyrrole nitrogens is 1. The summed E-state index contributed by atoms with van der Waals surface area (Å²) in [6.07, 6.45) is 0. The number of ether oxygens (including phenoxy) is 2. The summed E-state index contributed by atoms with van der Waals surface area (Å²) in [4.78, 5) is 32.3. The quantitative estimate of drug-likeness (QED) is 0.278. The molecule has 9 heteroatoms. The molecule has 4 aromatic rings. The zero-order valence-electron chi connectivity index (χ0n) is 20.1. The number of amides is 2. The number of methoxy groups -OCH3 is 2. The Hall–Kier alpha value is -4.24. The average Bonchev–Trinajstić information content (AvgIpc) is 3.32. The first-order chi connectivity index (χ1) is 17.4. The first-order valence-corrected chi connectivity index (χ1v) is 12.0. The number of aromatic amines is 1. The van der Waals surface area contributed by atoms with Crippen LogP contribution in [0.2, 0.25) is 0 Å². The van der Waals surface area contributed by atoms with E-state index in [9.17, 15) is 9.59 Å². The molecule has 3 aromatic carbocycles. The molecule has 0 aliphatic carbocycles. The van der Waals surface area contributed by atoms with E-state index in [1.807, 2.05) is 48.5 Å². The Morgan fingerprint density at radius 3 is 1.97 bits per heavy atom. The predicted molar refractivity (Wildman–Crippen MR) is 141 cm³/mol. The standard InChI is InChI=1S/C27H26N4O4S/c1-16(26(33)29-20-10-4-19(5-11-20)25(28)32)36-27-30-23(17-6-12-21(34-2)13-7-17)24(31-27)18-8-14-22(35-3)15-9-18/h4-16H,1-3H3,(H2,28,32)(H,29,33)(H,30,31). The van der Waals surface area contributed by atoms with Gasteiger partial charge < -0.3 is 25.5 Å². The number of hydrogen-bond acceptors (Lipinski definition) is 6. The Balaban J connectivity index is 1.57. The van der Waals surface area contributed by atoms with Gasteiger partial charge in [-0.2, -0.15) is 0 Å². The van der Waals surface area contributed by atoms with Crippen molar-refractivity contribution in [1.29, 1.82) is 0 Å². The van der Waals surface area contributed by atoms with Gasteiger partial charge in [-0.25, -0.2) is 4.98 Å². The van der Waals surface area contributed by atoms with Crippen molar-refractivity contribution in [1.82, 2.24) is 9.97 Å². The van der Waals surface area contributed by atoms with Crippen LogP contribution in [0.25, 0.3) is 22.5 Å². The molecule has 0 fully saturated rings. The summed E-state index contributed by atoms with van der Waals surface area (Å²) in [6, 6.07) is 21.8. The molecule has 4 rings (SSSR count). The molecule has 8 nitrogen and oxygen atoms in total. The minimum atomic E-state index is -0.519. The number of benzene rings is 3. The third kappa shape index (κ3) is 5.69. The number of carbonyl (C=O) groups is 2. The Kier molecular flexibility index (Phi) is 7.60. The van der Waals surface area contributed by atoms with Crippen LogP contribution in [0.3, 0.4) is 0 Å². The number of anilines is 1. The summed E-state index contributed by atoms with van der Waals surface area (Å²) in [7, 11) is 3.25. The van der Waals surface area contributed by atoms with E-state index in [1.165, 1.54) is 11.8 Å². The van der Waals surface area contributed by atoms with Crippen molar-refractivity contribution in [3.63, 3.8) is 0 Å². The molecule has 0 bridgehead atoms. The van der Waals surface area contributed by atoms with E-state index < -0.39 is 11.2 Å². The van der Waals surface area contributed by atoms with Crippen LogP contribution in [0, 0.1) is 0 Å². The topological polar surface area (TPSA) is 119 Å². The highest BCUT2D eigenvalue weighted by Crippen LogP contribution is 2.35. The molecule has 0 aliphatic heterocycles. The van der Waals surface area contributed by atoms with Crippen LogP contribution in [0.4, 0.5) is 5.69 Å². The second-order valence-electron chi connectivity index (χ2n) is 7.91. The minimum absolute atomic E-state index is 0.194. The highest BCUT2D eigenvalue weighted by atomic mass is 32.2. The maximum atomic E-state index is 12.8. The Morgan fingerprint density at radius 2 is 1.44 bits per heavy atom. The number of thioether (sulfide) groups is 1. The molecule has 184 valence electrons. The van der Waals surface area contributed by atoms with Gasteiger partial charge in [0, 0.05) is 22.4 Å². The molecule has 1 atom stereocenters. The van der Waals surface area contributed by atoms with Gasteiger partial charge in [0.2, 0.25) is 11.8 Å². The average molecular weight is 503 g/mol. The summed E-state index contributed by atoms with van der Waals surface area (Å²) < 4.78 is 10.6. The van der Waals surface area contributed by atoms with Gasteiger partial charge in [0.15, 0.2) is 5.16 Å². The van der Waals surface area contributed by atoms with Crippen molar-refractivity contribution in [3.8, 4) is 34.0 Å². The largest absolute Gasteiger partial charge is 0.497 e. The van der Waals surface area contributed by atoms with Crippen LogP contribution in [0.5, 0.6) is 11.5 Å². The van der Waals surface area contributed by atoms with E-state index in [0.717, 1.165) is 34.0 Å².